The number of rotatable bonds is 13. The number of benzene rings is 2. The summed E-state index contributed by atoms with van der Waals surface area (Å²) in [5.74, 6) is -3.27. The molecule has 2 aliphatic carbocycles. The summed E-state index contributed by atoms with van der Waals surface area (Å²) >= 11 is 0. The van der Waals surface area contributed by atoms with Crippen LogP contribution < -0.4 is 72.2 Å². The van der Waals surface area contributed by atoms with Gasteiger partial charge in [-0.15, -0.1) is 0 Å². The molecule has 0 bridgehead atoms. The first-order chi connectivity index (χ1) is 33.1. The summed E-state index contributed by atoms with van der Waals surface area (Å²) < 4.78 is 57.8. The summed E-state index contributed by atoms with van der Waals surface area (Å²) in [6, 6.07) is 6.67. The van der Waals surface area contributed by atoms with E-state index in [0.29, 0.717) is 68.2 Å². The van der Waals surface area contributed by atoms with Gasteiger partial charge in [-0.05, 0) is 138 Å². The summed E-state index contributed by atoms with van der Waals surface area (Å²) in [5.41, 5.74) is 6.06. The van der Waals surface area contributed by atoms with Crippen molar-refractivity contribution in [1.82, 2.24) is 24.4 Å². The number of halogens is 4. The van der Waals surface area contributed by atoms with Crippen molar-refractivity contribution in [2.24, 2.45) is 17.6 Å². The summed E-state index contributed by atoms with van der Waals surface area (Å²) in [5, 5.41) is 12.9. The number of carboxylic acid groups (broad SMARTS) is 1. The maximum Gasteiger partial charge on any atom is 1.00 e. The first kappa shape index (κ1) is 57.0. The Labute approximate surface area is 453 Å². The topological polar surface area (TPSA) is 169 Å². The Balaban J connectivity index is 0.000000264. The van der Waals surface area contributed by atoms with Gasteiger partial charge in [0.05, 0.1) is 0 Å². The van der Waals surface area contributed by atoms with Crippen LogP contribution in [0.5, 0.6) is 0 Å². The van der Waals surface area contributed by atoms with Crippen LogP contribution in [0.2, 0.25) is 0 Å². The standard InChI is InChI=1S/C26H34F2N4O2.C19H21F2N3O3.C7H15N.K.H/c1-3-4-14-32(26(34)18-10-13-20(27)21(28)16-18)24-23(31-15-6-5-7-22(31)30-24)25(33)29-19-11-8-17(2)9-12-19;1-2-3-9-24(18(25)12-7-8-13(20)14(21)11-12)17-16(19(26)27)23-10-5-4-6-15(23)22-17;1-6-2-4-7(8)5-3-6;;/h10,13,16-17,19H,3-9,11-12,14-15H2,1-2H3,(H,29,33);7-8,11H,2-6,9-10H2,1H3,(H,26,27);6-7H,2-5,8H2,1H3;;/q;;;+1;-1. The Morgan fingerprint density at radius 2 is 1.10 bits per heavy atom. The molecule has 2 aromatic heterocycles. The molecule has 0 saturated heterocycles. The van der Waals surface area contributed by atoms with Crippen molar-refractivity contribution >= 4 is 35.3 Å². The number of carbonyl (C=O) groups is 4. The number of carboxylic acids is 1. The van der Waals surface area contributed by atoms with Gasteiger partial charge in [-0.3, -0.25) is 24.2 Å². The van der Waals surface area contributed by atoms with Gasteiger partial charge < -0.3 is 26.7 Å². The van der Waals surface area contributed by atoms with Crippen LogP contribution in [-0.2, 0) is 25.9 Å². The predicted octanol–water partition coefficient (Wildman–Crippen LogP) is 7.54. The fraction of sp³-hybridized carbons (Fsp3) is 0.577. The van der Waals surface area contributed by atoms with Gasteiger partial charge in [0.15, 0.2) is 46.3 Å². The van der Waals surface area contributed by atoms with Gasteiger partial charge in [0.2, 0.25) is 0 Å². The maximum atomic E-state index is 13.9. The Morgan fingerprint density at radius 1 is 0.671 bits per heavy atom. The van der Waals surface area contributed by atoms with Crippen LogP contribution in [0.1, 0.15) is 185 Å². The Kier molecular flexibility index (Phi) is 22.1. The number of aryl methyl sites for hydroxylation is 2. The largest absolute Gasteiger partial charge is 1.00 e. The number of nitrogens with zero attached hydrogens (tertiary/aromatic N) is 6. The van der Waals surface area contributed by atoms with Crippen molar-refractivity contribution in [3.05, 3.63) is 93.8 Å². The molecule has 3 amide bonds. The molecule has 378 valence electrons. The molecule has 2 fully saturated rings. The molecular formula is C52H71F4KN8O5. The van der Waals surface area contributed by atoms with Crippen molar-refractivity contribution < 1.29 is 94.7 Å². The van der Waals surface area contributed by atoms with E-state index in [2.05, 4.69) is 24.1 Å². The molecule has 2 aromatic carbocycles. The normalized spacial score (nSPS) is 19.4. The van der Waals surface area contributed by atoms with Crippen LogP contribution in [0.4, 0.5) is 29.2 Å². The van der Waals surface area contributed by atoms with E-state index in [-0.39, 0.29) is 93.9 Å². The van der Waals surface area contributed by atoms with Gasteiger partial charge in [0.1, 0.15) is 11.6 Å². The predicted molar refractivity (Wildman–Crippen MR) is 259 cm³/mol. The second-order valence-electron chi connectivity index (χ2n) is 19.3. The van der Waals surface area contributed by atoms with Crippen molar-refractivity contribution in [3.8, 4) is 0 Å². The smallest absolute Gasteiger partial charge is 1.00 e. The SMILES string of the molecule is CC1CCC(N)CC1.CCCCN(C(=O)c1ccc(F)c(F)c1)c1nc2n(c1C(=O)NC1CCC(C)CC1)CCCC2.CCCCN(C(=O)c1ccc(F)c(F)c1)c1nc2n(c1C(=O)O)CCCC2.[H-].[K+]. The van der Waals surface area contributed by atoms with Crippen LogP contribution in [0.3, 0.4) is 0 Å². The number of amides is 3. The zero-order chi connectivity index (χ0) is 49.8. The molecule has 18 heteroatoms. The zero-order valence-corrected chi connectivity index (χ0v) is 44.8. The molecular weight excluding hydrogens is 932 g/mol. The quantitative estimate of drug-likeness (QED) is 0.0913. The van der Waals surface area contributed by atoms with Crippen LogP contribution in [-0.4, -0.2) is 73.1 Å². The van der Waals surface area contributed by atoms with Crippen LogP contribution in [0, 0.1) is 35.1 Å². The van der Waals surface area contributed by atoms with E-state index in [1.54, 1.807) is 4.57 Å². The number of anilines is 2. The van der Waals surface area contributed by atoms with E-state index < -0.39 is 41.1 Å². The number of aromatic nitrogens is 4. The van der Waals surface area contributed by atoms with Crippen molar-refractivity contribution in [1.29, 1.82) is 0 Å². The van der Waals surface area contributed by atoms with E-state index in [1.165, 1.54) is 47.6 Å². The molecule has 4 N–H and O–H groups in total. The molecule has 0 atom stereocenters. The second-order valence-corrected chi connectivity index (χ2v) is 19.3. The molecule has 0 radical (unpaired) electrons. The number of nitrogens with one attached hydrogen (secondary N) is 1. The molecule has 4 heterocycles. The number of nitrogens with two attached hydrogens (primary N) is 1. The number of imidazole rings is 2. The van der Waals surface area contributed by atoms with Gasteiger partial charge in [-0.25, -0.2) is 32.3 Å². The molecule has 0 unspecified atom stereocenters. The van der Waals surface area contributed by atoms with E-state index in [1.807, 2.05) is 18.4 Å². The van der Waals surface area contributed by atoms with E-state index >= 15 is 0 Å². The summed E-state index contributed by atoms with van der Waals surface area (Å²) in [7, 11) is 0. The Bertz CT molecular complexity index is 2410. The van der Waals surface area contributed by atoms with Gasteiger partial charge >= 0.3 is 57.4 Å². The average Bonchev–Trinajstić information content (AvgIpc) is 3.92. The number of hydrogen-bond donors (Lipinski definition) is 3. The average molecular weight is 1000 g/mol. The molecule has 70 heavy (non-hydrogen) atoms. The zero-order valence-electron chi connectivity index (χ0n) is 42.7. The molecule has 4 aliphatic rings. The number of unbranched alkanes of at least 4 members (excludes halogenated alkanes) is 2. The van der Waals surface area contributed by atoms with Crippen LogP contribution >= 0.6 is 0 Å². The molecule has 8 rings (SSSR count). The summed E-state index contributed by atoms with van der Waals surface area (Å²) in [4.78, 5) is 63.9. The Hall–Kier alpha value is -3.94. The summed E-state index contributed by atoms with van der Waals surface area (Å²) in [6.07, 6.45) is 17.2. The monoisotopic (exact) mass is 1000 g/mol. The van der Waals surface area contributed by atoms with Gasteiger partial charge in [0, 0.05) is 62.2 Å². The minimum Gasteiger partial charge on any atom is -1.00 e. The van der Waals surface area contributed by atoms with Crippen molar-refractivity contribution in [2.75, 3.05) is 22.9 Å². The molecule has 2 saturated carbocycles. The minimum absolute atomic E-state index is 0. The number of fused-ring (bicyclic) bond motifs is 2. The second kappa shape index (κ2) is 27.2. The number of carbonyl (C=O) groups excluding carboxylic acids is 3. The third-order valence-electron chi connectivity index (χ3n) is 13.8. The fourth-order valence-corrected chi connectivity index (χ4v) is 9.51. The fourth-order valence-electron chi connectivity index (χ4n) is 9.51. The first-order valence-corrected chi connectivity index (χ1v) is 25.1. The minimum atomic E-state index is -1.16. The third-order valence-corrected chi connectivity index (χ3v) is 13.8. The van der Waals surface area contributed by atoms with Crippen molar-refractivity contribution in [3.63, 3.8) is 0 Å². The van der Waals surface area contributed by atoms with Gasteiger partial charge in [-0.2, -0.15) is 0 Å². The van der Waals surface area contributed by atoms with Crippen LogP contribution in [0.25, 0.3) is 0 Å². The summed E-state index contributed by atoms with van der Waals surface area (Å²) in [6.45, 7) is 10.3. The molecule has 4 aromatic rings. The van der Waals surface area contributed by atoms with E-state index in [9.17, 15) is 41.8 Å². The van der Waals surface area contributed by atoms with Gasteiger partial charge in [0.25, 0.3) is 17.7 Å². The maximum absolute atomic E-state index is 13.9. The van der Waals surface area contributed by atoms with E-state index in [4.69, 9.17) is 10.7 Å². The third kappa shape index (κ3) is 14.6. The Morgan fingerprint density at radius 3 is 1.51 bits per heavy atom. The van der Waals surface area contributed by atoms with E-state index in [0.717, 1.165) is 107 Å². The number of aromatic carboxylic acids is 1. The van der Waals surface area contributed by atoms with Gasteiger partial charge in [-0.1, -0.05) is 40.5 Å². The molecule has 13 nitrogen and oxygen atoms in total. The molecule has 2 aliphatic heterocycles. The molecule has 0 spiro atoms. The first-order valence-electron chi connectivity index (χ1n) is 25.1. The van der Waals surface area contributed by atoms with Crippen LogP contribution in [0.15, 0.2) is 36.4 Å². The van der Waals surface area contributed by atoms with Crippen molar-refractivity contribution in [2.45, 2.75) is 168 Å². The number of hydrogen-bond acceptors (Lipinski definition) is 7.